The average Bonchev–Trinajstić information content (AvgIpc) is 2.67. The molecule has 0 aliphatic carbocycles. The van der Waals surface area contributed by atoms with E-state index in [9.17, 15) is 22.4 Å². The number of benzene rings is 2. The summed E-state index contributed by atoms with van der Waals surface area (Å²) >= 11 is 0. The summed E-state index contributed by atoms with van der Waals surface area (Å²) < 4.78 is 53.7. The van der Waals surface area contributed by atoms with Gasteiger partial charge >= 0.3 is 12.1 Å². The summed E-state index contributed by atoms with van der Waals surface area (Å²) in [5.74, 6) is -0.0164. The molecule has 10 heteroatoms. The van der Waals surface area contributed by atoms with Gasteiger partial charge < -0.3 is 0 Å². The molecule has 1 aromatic heterocycles. The lowest BCUT2D eigenvalue weighted by Gasteiger charge is -2.23. The Bertz CT molecular complexity index is 1190. The fraction of sp³-hybridized carbons (Fsp3) is 0.150. The molecule has 4 rings (SSSR count). The molecule has 2 heterocycles. The Labute approximate surface area is 167 Å². The van der Waals surface area contributed by atoms with E-state index >= 15 is 0 Å². The first-order valence-electron chi connectivity index (χ1n) is 8.91. The zero-order chi connectivity index (χ0) is 21.5. The Morgan fingerprint density at radius 1 is 1.13 bits per heavy atom. The lowest BCUT2D eigenvalue weighted by Crippen LogP contribution is -2.82. The molecular formula is C20H16F4N5O+. The first kappa shape index (κ1) is 19.6. The minimum atomic E-state index is -4.48. The number of anilines is 2. The van der Waals surface area contributed by atoms with E-state index in [0.29, 0.717) is 11.3 Å². The van der Waals surface area contributed by atoms with E-state index in [2.05, 4.69) is 20.6 Å². The first-order chi connectivity index (χ1) is 14.2. The number of nitrogens with one attached hydrogen (secondary N) is 3. The number of aromatic nitrogens is 2. The summed E-state index contributed by atoms with van der Waals surface area (Å²) in [6.07, 6.45) is -5.24. The van der Waals surface area contributed by atoms with Crippen molar-refractivity contribution in [1.82, 2.24) is 9.55 Å². The number of hydrogen-bond donors (Lipinski definition) is 3. The van der Waals surface area contributed by atoms with Crippen LogP contribution in [0.1, 0.15) is 23.0 Å². The second kappa shape index (κ2) is 7.29. The molecule has 3 N–H and O–H groups in total. The van der Waals surface area contributed by atoms with Gasteiger partial charge in [0.05, 0.1) is 11.3 Å². The molecule has 3 aromatic rings. The summed E-state index contributed by atoms with van der Waals surface area (Å²) in [5, 5.41) is 5.74. The lowest BCUT2D eigenvalue weighted by atomic mass is 10.1. The predicted molar refractivity (Wildman–Crippen MR) is 102 cm³/mol. The van der Waals surface area contributed by atoms with Crippen molar-refractivity contribution in [3.63, 3.8) is 0 Å². The van der Waals surface area contributed by atoms with Crippen LogP contribution in [0.2, 0.25) is 0 Å². The van der Waals surface area contributed by atoms with Gasteiger partial charge in [-0.2, -0.15) is 13.2 Å². The van der Waals surface area contributed by atoms with Crippen molar-refractivity contribution in [3.05, 3.63) is 87.6 Å². The van der Waals surface area contributed by atoms with Gasteiger partial charge in [-0.05, 0) is 37.3 Å². The topological polar surface area (TPSA) is 72.9 Å². The monoisotopic (exact) mass is 418 g/mol. The molecule has 0 fully saturated rings. The maximum atomic E-state index is 13.4. The summed E-state index contributed by atoms with van der Waals surface area (Å²) in [7, 11) is 0. The molecule has 0 amide bonds. The van der Waals surface area contributed by atoms with Crippen LogP contribution < -0.4 is 21.2 Å². The third-order valence-corrected chi connectivity index (χ3v) is 4.50. The molecule has 30 heavy (non-hydrogen) atoms. The molecular weight excluding hydrogens is 402 g/mol. The van der Waals surface area contributed by atoms with Gasteiger partial charge in [-0.15, -0.1) is 0 Å². The molecule has 154 valence electrons. The number of alkyl halides is 3. The Hall–Kier alpha value is -3.69. The van der Waals surface area contributed by atoms with Gasteiger partial charge in [-0.1, -0.05) is 18.2 Å². The number of nitrogens with zero attached hydrogens (tertiary/aromatic N) is 2. The minimum absolute atomic E-state index is 0.182. The fourth-order valence-electron chi connectivity index (χ4n) is 3.16. The van der Waals surface area contributed by atoms with Gasteiger partial charge in [0.25, 0.3) is 11.5 Å². The zero-order valence-electron chi connectivity index (χ0n) is 15.6. The van der Waals surface area contributed by atoms with Crippen LogP contribution >= 0.6 is 0 Å². The highest BCUT2D eigenvalue weighted by Gasteiger charge is 2.32. The predicted octanol–water partition coefficient (Wildman–Crippen LogP) is 2.23. The van der Waals surface area contributed by atoms with Gasteiger partial charge in [0.1, 0.15) is 5.82 Å². The molecule has 1 aliphatic heterocycles. The Kier molecular flexibility index (Phi) is 4.76. The minimum Gasteiger partial charge on any atom is -0.269 e. The maximum absolute atomic E-state index is 13.4. The van der Waals surface area contributed by atoms with Crippen molar-refractivity contribution in [1.29, 1.82) is 0 Å². The third kappa shape index (κ3) is 3.88. The van der Waals surface area contributed by atoms with Crippen molar-refractivity contribution < 1.29 is 22.6 Å². The quantitative estimate of drug-likeness (QED) is 0.559. The molecule has 0 saturated carbocycles. The van der Waals surface area contributed by atoms with E-state index in [4.69, 9.17) is 0 Å². The summed E-state index contributed by atoms with van der Waals surface area (Å²) in [6.45, 7) is 1.65. The van der Waals surface area contributed by atoms with Gasteiger partial charge in [0.15, 0.2) is 6.17 Å². The van der Waals surface area contributed by atoms with Gasteiger partial charge in [0.2, 0.25) is 0 Å². The van der Waals surface area contributed by atoms with Crippen molar-refractivity contribution in [2.24, 2.45) is 0 Å². The Balaban J connectivity index is 1.76. The molecule has 0 radical (unpaired) electrons. The molecule has 0 spiro atoms. The average molecular weight is 418 g/mol. The van der Waals surface area contributed by atoms with E-state index in [0.717, 1.165) is 12.1 Å². The molecule has 1 aliphatic rings. The number of rotatable bonds is 2. The molecule has 1 unspecified atom stereocenters. The van der Waals surface area contributed by atoms with Crippen molar-refractivity contribution >= 4 is 17.6 Å². The van der Waals surface area contributed by atoms with Crippen LogP contribution in [0.15, 0.2) is 59.4 Å². The normalized spacial score (nSPS) is 15.8. The van der Waals surface area contributed by atoms with E-state index in [-0.39, 0.29) is 23.2 Å². The highest BCUT2D eigenvalue weighted by atomic mass is 19.4. The van der Waals surface area contributed by atoms with E-state index < -0.39 is 23.7 Å². The van der Waals surface area contributed by atoms with Crippen LogP contribution in [0.5, 0.6) is 0 Å². The number of guanidine groups is 1. The van der Waals surface area contributed by atoms with Crippen LogP contribution in [0.4, 0.5) is 29.2 Å². The highest BCUT2D eigenvalue weighted by molar-refractivity contribution is 5.99. The molecule has 6 nitrogen and oxygen atoms in total. The Morgan fingerprint density at radius 3 is 2.57 bits per heavy atom. The number of aryl methyl sites for hydroxylation is 1. The van der Waals surface area contributed by atoms with E-state index in [1.54, 1.807) is 6.92 Å². The van der Waals surface area contributed by atoms with Crippen LogP contribution in [0.3, 0.4) is 0 Å². The number of halogens is 4. The maximum Gasteiger partial charge on any atom is 0.416 e. The fourth-order valence-corrected chi connectivity index (χ4v) is 3.16. The third-order valence-electron chi connectivity index (χ3n) is 4.50. The van der Waals surface area contributed by atoms with Crippen LogP contribution in [0, 0.1) is 12.7 Å². The highest BCUT2D eigenvalue weighted by Crippen LogP contribution is 2.30. The Morgan fingerprint density at radius 2 is 1.87 bits per heavy atom. The van der Waals surface area contributed by atoms with Crippen LogP contribution in [0.25, 0.3) is 0 Å². The molecule has 0 saturated heterocycles. The molecule has 1 atom stereocenters. The van der Waals surface area contributed by atoms with E-state index in [1.807, 2.05) is 0 Å². The number of fused-ring (bicyclic) bond motifs is 1. The van der Waals surface area contributed by atoms with Crippen molar-refractivity contribution in [2.45, 2.75) is 19.3 Å². The second-order valence-corrected chi connectivity index (χ2v) is 6.73. The summed E-state index contributed by atoms with van der Waals surface area (Å²) in [5.41, 5.74) is 0.0721. The summed E-state index contributed by atoms with van der Waals surface area (Å²) in [4.78, 5) is 19.9. The van der Waals surface area contributed by atoms with Crippen molar-refractivity contribution in [3.8, 4) is 0 Å². The smallest absolute Gasteiger partial charge is 0.269 e. The first-order valence-corrected chi connectivity index (χ1v) is 8.91. The standard InChI is InChI=1S/C20H15F4N5O/c1-11-9-16(30)29-17(12-5-7-14(21)8-6-12)27-18(28-19(29)25-11)26-15-4-2-3-13(10-15)20(22,23)24/h2-10,17H,1H3,(H2,25,26,27,28)/p+1. The SMILES string of the molecule is Cc1cc(=O)n2c(n1)NC(Nc1cccc(C(F)(F)F)c1)=[NH+]C2c1ccc(F)cc1. The van der Waals surface area contributed by atoms with Crippen molar-refractivity contribution in [2.75, 3.05) is 10.6 Å². The van der Waals surface area contributed by atoms with Gasteiger partial charge in [-0.25, -0.2) is 24.6 Å². The van der Waals surface area contributed by atoms with Crippen LogP contribution in [-0.2, 0) is 6.18 Å². The number of hydrogen-bond acceptors (Lipinski definition) is 4. The molecule has 2 aromatic carbocycles. The zero-order valence-corrected chi connectivity index (χ0v) is 15.6. The molecule has 0 bridgehead atoms. The lowest BCUT2D eigenvalue weighted by molar-refractivity contribution is -0.520. The largest absolute Gasteiger partial charge is 0.416 e. The second-order valence-electron chi connectivity index (χ2n) is 6.73. The van der Waals surface area contributed by atoms with Crippen LogP contribution in [-0.4, -0.2) is 15.5 Å². The van der Waals surface area contributed by atoms with Gasteiger partial charge in [-0.3, -0.25) is 9.79 Å². The summed E-state index contributed by atoms with van der Waals surface area (Å²) in [6, 6.07) is 11.6. The van der Waals surface area contributed by atoms with Gasteiger partial charge in [0, 0.05) is 17.3 Å². The van der Waals surface area contributed by atoms with E-state index in [1.165, 1.54) is 47.0 Å².